The summed E-state index contributed by atoms with van der Waals surface area (Å²) in [5.74, 6) is 0.509. The summed E-state index contributed by atoms with van der Waals surface area (Å²) in [7, 11) is 0. The van der Waals surface area contributed by atoms with Gasteiger partial charge in [-0.15, -0.1) is 11.6 Å². The van der Waals surface area contributed by atoms with Crippen LogP contribution in [0.1, 0.15) is 91.8 Å². The monoisotopic (exact) mass is 649 g/mol. The fourth-order valence-corrected chi connectivity index (χ4v) is 7.30. The topological polar surface area (TPSA) is 119 Å². The number of halogens is 1. The maximum absolute atomic E-state index is 13.4. The molecule has 3 atom stereocenters. The molecule has 5 rings (SSSR count). The van der Waals surface area contributed by atoms with Crippen LogP contribution in [0.3, 0.4) is 0 Å². The molecule has 1 fully saturated rings. The van der Waals surface area contributed by atoms with Crippen molar-refractivity contribution in [2.45, 2.75) is 77.7 Å². The zero-order chi connectivity index (χ0) is 33.0. The molecule has 1 aliphatic carbocycles. The average Bonchev–Trinajstić information content (AvgIpc) is 3.67. The van der Waals surface area contributed by atoms with Gasteiger partial charge in [-0.3, -0.25) is 19.2 Å². The first-order chi connectivity index (χ1) is 22.1. The minimum absolute atomic E-state index is 0.0537. The highest BCUT2D eigenvalue weighted by atomic mass is 35.5. The van der Waals surface area contributed by atoms with Crippen molar-refractivity contribution in [1.29, 1.82) is 0 Å². The Hall–Kier alpha value is -3.85. The summed E-state index contributed by atoms with van der Waals surface area (Å²) in [5, 5.41) is 0. The number of nitrogens with two attached hydrogens (primary N) is 1. The van der Waals surface area contributed by atoms with Gasteiger partial charge in [-0.1, -0.05) is 24.3 Å². The number of unbranched alkanes of at least 4 members (excludes halogenated alkanes) is 2. The molecule has 2 heterocycles. The molecular weight excluding hydrogens is 606 g/mol. The van der Waals surface area contributed by atoms with Gasteiger partial charge in [-0.2, -0.15) is 0 Å². The summed E-state index contributed by atoms with van der Waals surface area (Å²) in [5.41, 5.74) is 12.0. The quantitative estimate of drug-likeness (QED) is 0.132. The predicted octanol–water partition coefficient (Wildman–Crippen LogP) is 5.87. The van der Waals surface area contributed by atoms with E-state index < -0.39 is 0 Å². The highest BCUT2D eigenvalue weighted by Crippen LogP contribution is 2.48. The molecule has 3 aliphatic rings. The van der Waals surface area contributed by atoms with Crippen molar-refractivity contribution < 1.29 is 28.7 Å². The molecule has 2 aliphatic heterocycles. The van der Waals surface area contributed by atoms with E-state index in [2.05, 4.69) is 0 Å². The lowest BCUT2D eigenvalue weighted by molar-refractivity contribution is -0.142. The van der Waals surface area contributed by atoms with Crippen molar-refractivity contribution in [2.75, 3.05) is 37.9 Å². The van der Waals surface area contributed by atoms with Gasteiger partial charge in [0.25, 0.3) is 5.91 Å². The number of likely N-dealkylation sites (tertiary alicyclic amines) is 1. The van der Waals surface area contributed by atoms with Crippen LogP contribution in [0.25, 0.3) is 5.57 Å². The molecule has 2 N–H and O–H groups in total. The number of aryl methyl sites for hydroxylation is 1. The van der Waals surface area contributed by atoms with Gasteiger partial charge in [0.2, 0.25) is 5.91 Å². The van der Waals surface area contributed by atoms with Crippen molar-refractivity contribution in [1.82, 2.24) is 9.80 Å². The highest BCUT2D eigenvalue weighted by Gasteiger charge is 2.41. The fraction of sp³-hybridized carbons (Fsp3) is 0.500. The number of benzene rings is 2. The number of Topliss-reactive ketones (excluding diaryl/α,β-unsaturated/α-hetero) is 1. The largest absolute Gasteiger partial charge is 0.493 e. The van der Waals surface area contributed by atoms with Crippen molar-refractivity contribution in [3.05, 3.63) is 64.3 Å². The summed E-state index contributed by atoms with van der Waals surface area (Å²) in [4.78, 5) is 54.1. The molecule has 246 valence electrons. The first-order valence-electron chi connectivity index (χ1n) is 16.3. The standard InChI is InChI=1S/C36H44ClN3O6/c1-22-16-30(36(44)39-14-9-10-26(39)21-46-24(3)42)31(38)18-33(22)45-15-8-4-5-13-34(43)40-20-25(19-37)35-28-12-7-6-11-27(28)29(23(2)41)17-32(35)40/h6-7,11-12,16,18,25-26,29H,4-5,8-10,13-15,17,19-21,38H2,1-3H3/t25-,26+,29?/m1/s1. The Balaban J connectivity index is 1.12. The number of hydrogen-bond acceptors (Lipinski definition) is 7. The van der Waals surface area contributed by atoms with Crippen LogP contribution in [0, 0.1) is 12.8 Å². The van der Waals surface area contributed by atoms with Gasteiger partial charge in [0.15, 0.2) is 0 Å². The molecule has 1 saturated heterocycles. The van der Waals surface area contributed by atoms with Crippen molar-refractivity contribution in [2.24, 2.45) is 5.92 Å². The molecule has 10 heteroatoms. The van der Waals surface area contributed by atoms with E-state index in [1.54, 1.807) is 24.0 Å². The van der Waals surface area contributed by atoms with Crippen LogP contribution in [-0.4, -0.2) is 71.6 Å². The van der Waals surface area contributed by atoms with E-state index in [0.29, 0.717) is 55.4 Å². The number of carbonyl (C=O) groups is 4. The van der Waals surface area contributed by atoms with Crippen LogP contribution < -0.4 is 10.5 Å². The van der Waals surface area contributed by atoms with E-state index in [0.717, 1.165) is 60.1 Å². The van der Waals surface area contributed by atoms with Crippen LogP contribution in [0.2, 0.25) is 0 Å². The lowest BCUT2D eigenvalue weighted by atomic mass is 9.77. The number of hydrogen-bond donors (Lipinski definition) is 1. The molecule has 46 heavy (non-hydrogen) atoms. The maximum atomic E-state index is 13.4. The average molecular weight is 650 g/mol. The van der Waals surface area contributed by atoms with E-state index in [1.807, 2.05) is 36.1 Å². The Labute approximate surface area is 276 Å². The second-order valence-corrected chi connectivity index (χ2v) is 12.9. The van der Waals surface area contributed by atoms with Crippen molar-refractivity contribution in [3.8, 4) is 5.75 Å². The third-order valence-electron chi connectivity index (χ3n) is 9.44. The molecule has 0 saturated carbocycles. The lowest BCUT2D eigenvalue weighted by Crippen LogP contribution is -2.39. The molecule has 9 nitrogen and oxygen atoms in total. The van der Waals surface area contributed by atoms with E-state index in [-0.39, 0.29) is 48.1 Å². The number of rotatable bonds is 12. The van der Waals surface area contributed by atoms with Crippen LogP contribution in [-0.2, 0) is 19.1 Å². The number of alkyl halides is 1. The number of anilines is 1. The Morgan fingerprint density at radius 3 is 2.59 bits per heavy atom. The Kier molecular flexibility index (Phi) is 10.7. The molecule has 0 aromatic heterocycles. The van der Waals surface area contributed by atoms with Crippen molar-refractivity contribution >= 4 is 46.4 Å². The summed E-state index contributed by atoms with van der Waals surface area (Å²) >= 11 is 6.38. The molecule has 2 aromatic carbocycles. The van der Waals surface area contributed by atoms with E-state index in [1.165, 1.54) is 6.92 Å². The maximum Gasteiger partial charge on any atom is 0.302 e. The first kappa shape index (κ1) is 33.5. The van der Waals surface area contributed by atoms with Gasteiger partial charge in [-0.05, 0) is 74.3 Å². The van der Waals surface area contributed by atoms with Gasteiger partial charge in [0.1, 0.15) is 18.1 Å². The van der Waals surface area contributed by atoms with Crippen molar-refractivity contribution in [3.63, 3.8) is 0 Å². The number of carbonyl (C=O) groups excluding carboxylic acids is 4. The second kappa shape index (κ2) is 14.7. The smallest absolute Gasteiger partial charge is 0.302 e. The summed E-state index contributed by atoms with van der Waals surface area (Å²) in [6, 6.07) is 11.3. The number of ether oxygens (including phenoxy) is 2. The molecule has 2 aromatic rings. The first-order valence-corrected chi connectivity index (χ1v) is 16.8. The number of amides is 2. The molecule has 0 spiro atoms. The minimum Gasteiger partial charge on any atom is -0.493 e. The van der Waals surface area contributed by atoms with Gasteiger partial charge in [-0.25, -0.2) is 0 Å². The van der Waals surface area contributed by atoms with Crippen LogP contribution in [0.15, 0.2) is 42.1 Å². The van der Waals surface area contributed by atoms with E-state index >= 15 is 0 Å². The molecule has 0 radical (unpaired) electrons. The van der Waals surface area contributed by atoms with E-state index in [4.69, 9.17) is 26.8 Å². The molecule has 0 bridgehead atoms. The number of esters is 1. The van der Waals surface area contributed by atoms with Crippen LogP contribution >= 0.6 is 11.6 Å². The van der Waals surface area contributed by atoms with Gasteiger partial charge in [0, 0.05) is 68.0 Å². The molecule has 1 unspecified atom stereocenters. The summed E-state index contributed by atoms with van der Waals surface area (Å²) in [6.45, 7) is 6.67. The van der Waals surface area contributed by atoms with Gasteiger partial charge < -0.3 is 25.0 Å². The number of allylic oxidation sites excluding steroid dienone is 1. The fourth-order valence-electron chi connectivity index (χ4n) is 7.05. The minimum atomic E-state index is -0.360. The SMILES string of the molecule is CC(=O)OC[C@@H]1CCCN1C(=O)c1cc(C)c(OCCCCCC(=O)N2C[C@@H](CCl)C3=C2CC(C(C)=O)c2ccccc23)cc1N. The lowest BCUT2D eigenvalue weighted by Gasteiger charge is -2.29. The Bertz CT molecular complexity index is 1540. The zero-order valence-corrected chi connectivity index (χ0v) is 27.7. The number of nitrogen functional groups attached to an aromatic ring is 1. The Morgan fingerprint density at radius 1 is 1.07 bits per heavy atom. The molecular formula is C36H44ClN3O6. The third-order valence-corrected chi connectivity index (χ3v) is 9.81. The Morgan fingerprint density at radius 2 is 1.85 bits per heavy atom. The van der Waals surface area contributed by atoms with Gasteiger partial charge in [0.05, 0.1) is 18.2 Å². The van der Waals surface area contributed by atoms with Crippen LogP contribution in [0.4, 0.5) is 5.69 Å². The zero-order valence-electron chi connectivity index (χ0n) is 27.0. The number of nitrogens with zero attached hydrogens (tertiary/aromatic N) is 2. The normalized spacial score (nSPS) is 20.4. The van der Waals surface area contributed by atoms with E-state index in [9.17, 15) is 19.2 Å². The molecule has 2 amide bonds. The number of fused-ring (bicyclic) bond motifs is 2. The third kappa shape index (κ3) is 7.09. The van der Waals surface area contributed by atoms with Gasteiger partial charge >= 0.3 is 5.97 Å². The summed E-state index contributed by atoms with van der Waals surface area (Å²) < 4.78 is 11.2. The van der Waals surface area contributed by atoms with Crippen LogP contribution in [0.5, 0.6) is 5.75 Å². The second-order valence-electron chi connectivity index (χ2n) is 12.6. The number of ketones is 1. The predicted molar refractivity (Wildman–Crippen MR) is 178 cm³/mol. The summed E-state index contributed by atoms with van der Waals surface area (Å²) in [6.07, 6.45) is 4.88. The highest BCUT2D eigenvalue weighted by molar-refractivity contribution is 6.19.